The van der Waals surface area contributed by atoms with E-state index in [4.69, 9.17) is 0 Å². The number of hydrogen-bond acceptors (Lipinski definition) is 4. The molecule has 21 heavy (non-hydrogen) atoms. The van der Waals surface area contributed by atoms with E-state index in [9.17, 15) is 0 Å². The van der Waals surface area contributed by atoms with Gasteiger partial charge in [-0.2, -0.15) is 0 Å². The lowest BCUT2D eigenvalue weighted by molar-refractivity contribution is 0.328. The minimum Gasteiger partial charge on any atom is -0.370 e. The summed E-state index contributed by atoms with van der Waals surface area (Å²) in [7, 11) is 0. The van der Waals surface area contributed by atoms with E-state index in [0.29, 0.717) is 6.04 Å². The van der Waals surface area contributed by atoms with Crippen LogP contribution in [0.1, 0.15) is 64.9 Å². The van der Waals surface area contributed by atoms with Crippen molar-refractivity contribution in [3.8, 4) is 0 Å². The van der Waals surface area contributed by atoms with E-state index in [1.807, 2.05) is 0 Å². The molecule has 1 aromatic rings. The van der Waals surface area contributed by atoms with Crippen LogP contribution in [0.15, 0.2) is 6.33 Å². The van der Waals surface area contributed by atoms with Crippen LogP contribution in [0.4, 0.5) is 11.6 Å². The van der Waals surface area contributed by atoms with Gasteiger partial charge in [0, 0.05) is 18.2 Å². The zero-order valence-corrected chi connectivity index (χ0v) is 13.8. The molecule has 0 amide bonds. The van der Waals surface area contributed by atoms with Crippen LogP contribution in [0.5, 0.6) is 0 Å². The average Bonchev–Trinajstić information content (AvgIpc) is 2.53. The summed E-state index contributed by atoms with van der Waals surface area (Å²) in [6.45, 7) is 7.61. The van der Waals surface area contributed by atoms with Crippen LogP contribution in [0.25, 0.3) is 0 Å². The van der Waals surface area contributed by atoms with Gasteiger partial charge in [0.1, 0.15) is 18.0 Å². The summed E-state index contributed by atoms with van der Waals surface area (Å²) in [5.41, 5.74) is 1.22. The van der Waals surface area contributed by atoms with Gasteiger partial charge in [-0.25, -0.2) is 9.97 Å². The van der Waals surface area contributed by atoms with Crippen molar-refractivity contribution in [2.45, 2.75) is 71.8 Å². The monoisotopic (exact) mass is 290 g/mol. The molecule has 0 aliphatic heterocycles. The average molecular weight is 290 g/mol. The maximum absolute atomic E-state index is 4.49. The van der Waals surface area contributed by atoms with Gasteiger partial charge in [-0.05, 0) is 38.5 Å². The fourth-order valence-electron chi connectivity index (χ4n) is 3.24. The number of rotatable bonds is 7. The molecular formula is C17H30N4. The molecule has 1 heterocycles. The summed E-state index contributed by atoms with van der Waals surface area (Å²) >= 11 is 0. The molecule has 4 heteroatoms. The van der Waals surface area contributed by atoms with Gasteiger partial charge in [-0.15, -0.1) is 0 Å². The first-order chi connectivity index (χ1) is 10.3. The molecule has 1 fully saturated rings. The largest absolute Gasteiger partial charge is 0.370 e. The molecule has 2 rings (SSSR count). The normalized spacial score (nSPS) is 17.5. The Morgan fingerprint density at radius 3 is 2.52 bits per heavy atom. The standard InChI is InChI=1S/C17H30N4/c1-4-11-18-16-15(5-2)17(20-12-19-16)21-13(3)14-9-7-6-8-10-14/h12-14H,4-11H2,1-3H3,(H2,18,19,20,21). The predicted molar refractivity (Wildman–Crippen MR) is 89.9 cm³/mol. The van der Waals surface area contributed by atoms with Gasteiger partial charge < -0.3 is 10.6 Å². The first-order valence-electron chi connectivity index (χ1n) is 8.60. The van der Waals surface area contributed by atoms with Gasteiger partial charge in [0.2, 0.25) is 0 Å². The van der Waals surface area contributed by atoms with Crippen molar-refractivity contribution in [1.29, 1.82) is 0 Å². The van der Waals surface area contributed by atoms with Crippen molar-refractivity contribution in [2.24, 2.45) is 5.92 Å². The Labute approximate surface area is 129 Å². The molecule has 1 aromatic heterocycles. The summed E-state index contributed by atoms with van der Waals surface area (Å²) in [4.78, 5) is 8.90. The lowest BCUT2D eigenvalue weighted by atomic mass is 9.84. The van der Waals surface area contributed by atoms with Gasteiger partial charge >= 0.3 is 0 Å². The third-order valence-corrected chi connectivity index (χ3v) is 4.56. The van der Waals surface area contributed by atoms with E-state index < -0.39 is 0 Å². The van der Waals surface area contributed by atoms with Crippen molar-refractivity contribution in [1.82, 2.24) is 9.97 Å². The van der Waals surface area contributed by atoms with Crippen LogP contribution in [-0.2, 0) is 6.42 Å². The molecule has 0 aromatic carbocycles. The maximum Gasteiger partial charge on any atom is 0.134 e. The molecular weight excluding hydrogens is 260 g/mol. The predicted octanol–water partition coefficient (Wildman–Crippen LogP) is 4.24. The van der Waals surface area contributed by atoms with E-state index in [0.717, 1.165) is 36.9 Å². The van der Waals surface area contributed by atoms with Gasteiger partial charge in [0.15, 0.2) is 0 Å². The highest BCUT2D eigenvalue weighted by Crippen LogP contribution is 2.29. The second kappa shape index (κ2) is 8.20. The van der Waals surface area contributed by atoms with Crippen LogP contribution in [0.3, 0.4) is 0 Å². The Balaban J connectivity index is 2.07. The quantitative estimate of drug-likeness (QED) is 0.788. The Morgan fingerprint density at radius 1 is 1.14 bits per heavy atom. The molecule has 4 nitrogen and oxygen atoms in total. The molecule has 1 saturated carbocycles. The lowest BCUT2D eigenvalue weighted by Gasteiger charge is -2.29. The fourth-order valence-corrected chi connectivity index (χ4v) is 3.24. The van der Waals surface area contributed by atoms with Gasteiger partial charge in [-0.3, -0.25) is 0 Å². The van der Waals surface area contributed by atoms with Gasteiger partial charge in [-0.1, -0.05) is 33.1 Å². The van der Waals surface area contributed by atoms with E-state index in [1.165, 1.54) is 37.7 Å². The molecule has 1 unspecified atom stereocenters. The second-order valence-corrected chi connectivity index (χ2v) is 6.16. The summed E-state index contributed by atoms with van der Waals surface area (Å²) in [6.07, 6.45) is 10.6. The number of hydrogen-bond donors (Lipinski definition) is 2. The molecule has 118 valence electrons. The Bertz CT molecular complexity index is 427. The molecule has 1 aliphatic rings. The number of nitrogens with one attached hydrogen (secondary N) is 2. The third-order valence-electron chi connectivity index (χ3n) is 4.56. The van der Waals surface area contributed by atoms with Crippen LogP contribution < -0.4 is 10.6 Å². The molecule has 1 aliphatic carbocycles. The van der Waals surface area contributed by atoms with Crippen molar-refractivity contribution in [3.05, 3.63) is 11.9 Å². The zero-order chi connectivity index (χ0) is 15.1. The SMILES string of the molecule is CCCNc1ncnc(NC(C)C2CCCCC2)c1CC. The number of nitrogens with zero attached hydrogens (tertiary/aromatic N) is 2. The smallest absolute Gasteiger partial charge is 0.134 e. The van der Waals surface area contributed by atoms with Gasteiger partial charge in [0.05, 0.1) is 0 Å². The first kappa shape index (κ1) is 16.1. The van der Waals surface area contributed by atoms with E-state index in [2.05, 4.69) is 41.4 Å². The summed E-state index contributed by atoms with van der Waals surface area (Å²) in [5.74, 6) is 2.79. The third kappa shape index (κ3) is 4.32. The van der Waals surface area contributed by atoms with Crippen LogP contribution in [0.2, 0.25) is 0 Å². The highest BCUT2D eigenvalue weighted by Gasteiger charge is 2.21. The number of anilines is 2. The summed E-state index contributed by atoms with van der Waals surface area (Å²) < 4.78 is 0. The summed E-state index contributed by atoms with van der Waals surface area (Å²) in [5, 5.41) is 7.07. The van der Waals surface area contributed by atoms with Crippen LogP contribution >= 0.6 is 0 Å². The Morgan fingerprint density at radius 2 is 1.86 bits per heavy atom. The molecule has 0 saturated heterocycles. The highest BCUT2D eigenvalue weighted by atomic mass is 15.1. The van der Waals surface area contributed by atoms with Crippen LogP contribution in [-0.4, -0.2) is 22.6 Å². The highest BCUT2D eigenvalue weighted by molar-refractivity contribution is 5.57. The minimum absolute atomic E-state index is 0.490. The zero-order valence-electron chi connectivity index (χ0n) is 13.8. The van der Waals surface area contributed by atoms with Gasteiger partial charge in [0.25, 0.3) is 0 Å². The van der Waals surface area contributed by atoms with E-state index in [1.54, 1.807) is 6.33 Å². The van der Waals surface area contributed by atoms with Crippen LogP contribution in [0, 0.1) is 5.92 Å². The maximum atomic E-state index is 4.49. The molecule has 1 atom stereocenters. The number of aromatic nitrogens is 2. The van der Waals surface area contributed by atoms with Crippen molar-refractivity contribution in [2.75, 3.05) is 17.2 Å². The minimum atomic E-state index is 0.490. The second-order valence-electron chi connectivity index (χ2n) is 6.16. The Kier molecular flexibility index (Phi) is 6.27. The molecule has 0 radical (unpaired) electrons. The van der Waals surface area contributed by atoms with E-state index >= 15 is 0 Å². The van der Waals surface area contributed by atoms with Crippen molar-refractivity contribution in [3.63, 3.8) is 0 Å². The summed E-state index contributed by atoms with van der Waals surface area (Å²) in [6, 6.07) is 0.490. The molecule has 2 N–H and O–H groups in total. The van der Waals surface area contributed by atoms with E-state index in [-0.39, 0.29) is 0 Å². The van der Waals surface area contributed by atoms with Crippen molar-refractivity contribution < 1.29 is 0 Å². The Hall–Kier alpha value is -1.32. The molecule has 0 spiro atoms. The lowest BCUT2D eigenvalue weighted by Crippen LogP contribution is -2.28. The molecule has 0 bridgehead atoms. The van der Waals surface area contributed by atoms with Crippen molar-refractivity contribution >= 4 is 11.6 Å². The fraction of sp³-hybridized carbons (Fsp3) is 0.765. The topological polar surface area (TPSA) is 49.8 Å². The first-order valence-corrected chi connectivity index (χ1v) is 8.60.